The molecule has 1 N–H and O–H groups in total. The fraction of sp³-hybridized carbons (Fsp3) is 0.500. The second-order valence-corrected chi connectivity index (χ2v) is 9.00. The van der Waals surface area contributed by atoms with Crippen molar-refractivity contribution < 1.29 is 9.66 Å². The quantitative estimate of drug-likeness (QED) is 0.574. The highest BCUT2D eigenvalue weighted by atomic mass is 16.6. The molecule has 1 aromatic rings. The number of aromatic nitrogens is 2. The first-order chi connectivity index (χ1) is 14.9. The lowest BCUT2D eigenvalue weighted by Gasteiger charge is -2.61. The number of nitrogens with one attached hydrogen (secondary N) is 1. The Morgan fingerprint density at radius 1 is 1.39 bits per heavy atom. The van der Waals surface area contributed by atoms with E-state index in [9.17, 15) is 10.1 Å². The number of rotatable bonds is 5. The second-order valence-electron chi connectivity index (χ2n) is 9.00. The fourth-order valence-electron chi connectivity index (χ4n) is 6.01. The van der Waals surface area contributed by atoms with Crippen molar-refractivity contribution in [2.24, 2.45) is 16.3 Å². The van der Waals surface area contributed by atoms with Gasteiger partial charge >= 0.3 is 5.69 Å². The standard InChI is InChI=1S/C22H26N6O3/c1-21-6-4-5-17-19(21)15(10-23-17)7-18-22(21,31-3)8-14(13-27(18)2)9-24-20-25-11-16(12-26-20)28(29)30/h4-6,10-12,14,18H,7-9,13H2,1-3H3,(H,24,25,26)/t14-,18+,21?,22+/m0/s1. The molecule has 1 aromatic heterocycles. The number of methoxy groups -OCH3 is 1. The molecule has 1 fully saturated rings. The summed E-state index contributed by atoms with van der Waals surface area (Å²) in [7, 11) is 3.99. The molecule has 0 amide bonds. The number of aliphatic imine (C=N–C) groups is 1. The Morgan fingerprint density at radius 2 is 2.16 bits per heavy atom. The predicted octanol–water partition coefficient (Wildman–Crippen LogP) is 2.75. The zero-order valence-corrected chi connectivity index (χ0v) is 17.9. The number of likely N-dealkylation sites (tertiary alicyclic amines) is 1. The third-order valence-electron chi connectivity index (χ3n) is 7.40. The Bertz CT molecular complexity index is 1050. The Morgan fingerprint density at radius 3 is 2.87 bits per heavy atom. The summed E-state index contributed by atoms with van der Waals surface area (Å²) in [4.78, 5) is 25.5. The summed E-state index contributed by atoms with van der Waals surface area (Å²) < 4.78 is 6.43. The number of hydrogen-bond acceptors (Lipinski definition) is 8. The number of anilines is 1. The second kappa shape index (κ2) is 7.06. The summed E-state index contributed by atoms with van der Waals surface area (Å²) in [5.41, 5.74) is 2.90. The van der Waals surface area contributed by atoms with Gasteiger partial charge in [0.15, 0.2) is 0 Å². The Labute approximate surface area is 180 Å². The monoisotopic (exact) mass is 422 g/mol. The lowest BCUT2D eigenvalue weighted by Crippen LogP contribution is -2.68. The van der Waals surface area contributed by atoms with Gasteiger partial charge in [-0.25, -0.2) is 9.97 Å². The van der Waals surface area contributed by atoms with Gasteiger partial charge in [0.05, 0.1) is 16.2 Å². The topological polar surface area (TPSA) is 106 Å². The first-order valence-electron chi connectivity index (χ1n) is 10.5. The predicted molar refractivity (Wildman–Crippen MR) is 117 cm³/mol. The third kappa shape index (κ3) is 2.87. The summed E-state index contributed by atoms with van der Waals surface area (Å²) in [5.74, 6) is 0.692. The number of hydrogen-bond donors (Lipinski definition) is 1. The maximum atomic E-state index is 10.8. The van der Waals surface area contributed by atoms with Gasteiger partial charge in [-0.2, -0.15) is 0 Å². The highest BCUT2D eigenvalue weighted by Gasteiger charge is 2.62. The summed E-state index contributed by atoms with van der Waals surface area (Å²) in [6.07, 6.45) is 12.8. The molecule has 31 heavy (non-hydrogen) atoms. The minimum absolute atomic E-state index is 0.116. The van der Waals surface area contributed by atoms with Crippen molar-refractivity contribution in [3.8, 4) is 0 Å². The average Bonchev–Trinajstić information content (AvgIpc) is 3.18. The van der Waals surface area contributed by atoms with Gasteiger partial charge < -0.3 is 10.1 Å². The van der Waals surface area contributed by atoms with Gasteiger partial charge in [-0.05, 0) is 50.0 Å². The Kier molecular flexibility index (Phi) is 4.56. The molecule has 0 aromatic carbocycles. The smallest absolute Gasteiger partial charge is 0.305 e. The molecular formula is C22H26N6O3. The number of allylic oxidation sites excluding steroid dienone is 3. The summed E-state index contributed by atoms with van der Waals surface area (Å²) in [6, 6.07) is 0.252. The summed E-state index contributed by atoms with van der Waals surface area (Å²) in [6.45, 7) is 3.85. The largest absolute Gasteiger partial charge is 0.375 e. The van der Waals surface area contributed by atoms with E-state index in [1.54, 1.807) is 0 Å². The van der Waals surface area contributed by atoms with Gasteiger partial charge in [-0.3, -0.25) is 20.0 Å². The van der Waals surface area contributed by atoms with E-state index >= 15 is 0 Å². The lowest BCUT2D eigenvalue weighted by molar-refractivity contribution is -0.385. The number of nitrogens with zero attached hydrogens (tertiary/aromatic N) is 5. The van der Waals surface area contributed by atoms with Crippen LogP contribution in [0.25, 0.3) is 0 Å². The summed E-state index contributed by atoms with van der Waals surface area (Å²) in [5, 5.41) is 14.1. The first kappa shape index (κ1) is 20.0. The number of fused-ring (bicyclic) bond motifs is 2. The van der Waals surface area contributed by atoms with Crippen LogP contribution < -0.4 is 5.32 Å². The molecule has 5 rings (SSSR count). The van der Waals surface area contributed by atoms with E-state index in [2.05, 4.69) is 57.4 Å². The van der Waals surface area contributed by atoms with E-state index in [1.807, 2.05) is 13.3 Å². The van der Waals surface area contributed by atoms with E-state index in [1.165, 1.54) is 23.5 Å². The SMILES string of the molecule is CO[C@]12C[C@@H](CNc3ncc([N+](=O)[O-])cn3)CN(C)[C@@H]1CC1=C3C(=CC=CC32C)N=C1. The van der Waals surface area contributed by atoms with Crippen LogP contribution in [0.5, 0.6) is 0 Å². The molecule has 0 saturated carbocycles. The fourth-order valence-corrected chi connectivity index (χ4v) is 6.01. The number of likely N-dealkylation sites (N-methyl/N-ethyl adjacent to an activating group) is 1. The van der Waals surface area contributed by atoms with Crippen LogP contribution in [0, 0.1) is 21.4 Å². The van der Waals surface area contributed by atoms with Gasteiger partial charge in [-0.15, -0.1) is 0 Å². The van der Waals surface area contributed by atoms with Gasteiger partial charge in [0.25, 0.3) is 0 Å². The van der Waals surface area contributed by atoms with Crippen LogP contribution in [0.1, 0.15) is 19.8 Å². The minimum atomic E-state index is -0.498. The van der Waals surface area contributed by atoms with Gasteiger partial charge in [-0.1, -0.05) is 12.2 Å². The molecule has 9 heteroatoms. The van der Waals surface area contributed by atoms with E-state index < -0.39 is 4.92 Å². The van der Waals surface area contributed by atoms with Crippen molar-refractivity contribution in [3.05, 3.63) is 57.6 Å². The van der Waals surface area contributed by atoms with Crippen molar-refractivity contribution >= 4 is 17.9 Å². The van der Waals surface area contributed by atoms with Crippen LogP contribution >= 0.6 is 0 Å². The van der Waals surface area contributed by atoms with Crippen molar-refractivity contribution in [1.29, 1.82) is 0 Å². The number of ether oxygens (including phenoxy) is 1. The van der Waals surface area contributed by atoms with Crippen molar-refractivity contribution in [2.45, 2.75) is 31.4 Å². The molecule has 4 atom stereocenters. The molecule has 0 bridgehead atoms. The van der Waals surface area contributed by atoms with Gasteiger partial charge in [0.1, 0.15) is 12.4 Å². The highest BCUT2D eigenvalue weighted by molar-refractivity contribution is 5.89. The number of nitro groups is 1. The van der Waals surface area contributed by atoms with Crippen LogP contribution in [0.15, 0.2) is 52.5 Å². The molecule has 4 aliphatic rings. The maximum Gasteiger partial charge on any atom is 0.305 e. The first-order valence-corrected chi connectivity index (χ1v) is 10.5. The van der Waals surface area contributed by atoms with E-state index in [0.717, 1.165) is 25.1 Å². The van der Waals surface area contributed by atoms with E-state index in [-0.39, 0.29) is 22.7 Å². The van der Waals surface area contributed by atoms with Crippen LogP contribution in [0.4, 0.5) is 11.6 Å². The molecule has 2 aliphatic carbocycles. The molecule has 162 valence electrons. The van der Waals surface area contributed by atoms with Gasteiger partial charge in [0.2, 0.25) is 5.95 Å². The highest BCUT2D eigenvalue weighted by Crippen LogP contribution is 2.59. The van der Waals surface area contributed by atoms with Gasteiger partial charge in [0, 0.05) is 37.9 Å². The van der Waals surface area contributed by atoms with Crippen LogP contribution in [0.2, 0.25) is 0 Å². The van der Waals surface area contributed by atoms with Crippen molar-refractivity contribution in [3.63, 3.8) is 0 Å². The normalized spacial score (nSPS) is 33.7. The third-order valence-corrected chi connectivity index (χ3v) is 7.40. The molecule has 1 saturated heterocycles. The van der Waals surface area contributed by atoms with E-state index in [4.69, 9.17) is 4.74 Å². The molecule has 9 nitrogen and oxygen atoms in total. The Hall–Kier alpha value is -2.91. The summed E-state index contributed by atoms with van der Waals surface area (Å²) >= 11 is 0. The molecular weight excluding hydrogens is 396 g/mol. The van der Waals surface area contributed by atoms with Crippen molar-refractivity contribution in [1.82, 2.24) is 14.9 Å². The molecule has 0 spiro atoms. The average molecular weight is 422 g/mol. The van der Waals surface area contributed by atoms with Crippen molar-refractivity contribution in [2.75, 3.05) is 32.6 Å². The van der Waals surface area contributed by atoms with Crippen LogP contribution in [-0.4, -0.2) is 64.9 Å². The molecule has 1 unspecified atom stereocenters. The van der Waals surface area contributed by atoms with Crippen LogP contribution in [0.3, 0.4) is 0 Å². The number of piperidine rings is 1. The molecule has 2 aliphatic heterocycles. The molecule has 0 radical (unpaired) electrons. The lowest BCUT2D eigenvalue weighted by atomic mass is 9.54. The molecule has 3 heterocycles. The maximum absolute atomic E-state index is 10.8. The zero-order valence-electron chi connectivity index (χ0n) is 17.9. The Balaban J connectivity index is 1.41. The van der Waals surface area contributed by atoms with E-state index in [0.29, 0.717) is 18.4 Å². The zero-order chi connectivity index (χ0) is 21.8. The van der Waals surface area contributed by atoms with Crippen LogP contribution in [-0.2, 0) is 4.74 Å². The minimum Gasteiger partial charge on any atom is -0.375 e.